The molecule has 0 aliphatic rings. The van der Waals surface area contributed by atoms with Gasteiger partial charge in [0.05, 0.1) is 38.0 Å². The second kappa shape index (κ2) is 13.3. The van der Waals surface area contributed by atoms with Crippen LogP contribution in [-0.4, -0.2) is 50.3 Å². The average molecular weight is 579 g/mol. The van der Waals surface area contributed by atoms with E-state index < -0.39 is 22.2 Å². The summed E-state index contributed by atoms with van der Waals surface area (Å²) in [5, 5.41) is 18.0. The Kier molecular flexibility index (Phi) is 9.81. The van der Waals surface area contributed by atoms with Gasteiger partial charge in [-0.25, -0.2) is 10.2 Å². The van der Waals surface area contributed by atoms with Gasteiger partial charge in [-0.1, -0.05) is 20.8 Å². The SMILES string of the molecule is COc1cc(C(=O)Oc2ccc([N+](=O)[O-])cc2/C=N/NC(=O)c2ccc(NC(=O)C(C)(C)C)cc2)cc(OC)c1OC. The van der Waals surface area contributed by atoms with E-state index in [4.69, 9.17) is 18.9 Å². The van der Waals surface area contributed by atoms with Crippen molar-refractivity contribution in [1.82, 2.24) is 5.43 Å². The minimum atomic E-state index is -0.819. The van der Waals surface area contributed by atoms with Crippen LogP contribution in [0.25, 0.3) is 0 Å². The first-order chi connectivity index (χ1) is 19.9. The number of ether oxygens (including phenoxy) is 4. The van der Waals surface area contributed by atoms with Gasteiger partial charge in [-0.3, -0.25) is 19.7 Å². The number of rotatable bonds is 10. The molecule has 220 valence electrons. The number of non-ortho nitro benzene ring substituents is 1. The number of anilines is 1. The number of nitrogens with one attached hydrogen (secondary N) is 2. The zero-order valence-corrected chi connectivity index (χ0v) is 23.8. The lowest BCUT2D eigenvalue weighted by molar-refractivity contribution is -0.384. The molecule has 3 aromatic carbocycles. The second-order valence-electron chi connectivity index (χ2n) is 9.76. The van der Waals surface area contributed by atoms with Gasteiger partial charge in [0.2, 0.25) is 11.7 Å². The summed E-state index contributed by atoms with van der Waals surface area (Å²) >= 11 is 0. The number of amides is 2. The monoisotopic (exact) mass is 578 g/mol. The van der Waals surface area contributed by atoms with E-state index >= 15 is 0 Å². The third-order valence-corrected chi connectivity index (χ3v) is 5.76. The van der Waals surface area contributed by atoms with Crippen LogP contribution < -0.4 is 29.7 Å². The summed E-state index contributed by atoms with van der Waals surface area (Å²) in [4.78, 5) is 48.4. The number of carbonyl (C=O) groups excluding carboxylic acids is 3. The first kappa shape index (κ1) is 31.1. The number of carbonyl (C=O) groups is 3. The molecule has 13 nitrogen and oxygen atoms in total. The van der Waals surface area contributed by atoms with Crippen molar-refractivity contribution in [2.24, 2.45) is 10.5 Å². The Morgan fingerprint density at radius 2 is 1.48 bits per heavy atom. The molecule has 0 spiro atoms. The minimum Gasteiger partial charge on any atom is -0.493 e. The Labute approximate surface area is 241 Å². The molecule has 0 bridgehead atoms. The number of hydrazone groups is 1. The standard InChI is InChI=1S/C29H30N4O9/c1-29(2,3)28(36)31-20-9-7-17(8-10-20)26(34)32-30-16-19-13-21(33(37)38)11-12-22(19)42-27(35)18-14-23(39-4)25(41-6)24(15-18)40-5/h7-16H,1-6H3,(H,31,36)(H,32,34)/b30-16+. The van der Waals surface area contributed by atoms with Crippen molar-refractivity contribution in [1.29, 1.82) is 0 Å². The average Bonchev–Trinajstić information content (AvgIpc) is 2.96. The molecular weight excluding hydrogens is 548 g/mol. The maximum Gasteiger partial charge on any atom is 0.343 e. The van der Waals surface area contributed by atoms with Crippen LogP contribution in [-0.2, 0) is 4.79 Å². The number of nitro benzene ring substituents is 1. The van der Waals surface area contributed by atoms with Crippen molar-refractivity contribution in [2.45, 2.75) is 20.8 Å². The summed E-state index contributed by atoms with van der Waals surface area (Å²) in [6, 6.07) is 12.5. The number of benzene rings is 3. The van der Waals surface area contributed by atoms with Crippen LogP contribution in [0.4, 0.5) is 11.4 Å². The Morgan fingerprint density at radius 3 is 2.00 bits per heavy atom. The van der Waals surface area contributed by atoms with Crippen LogP contribution in [0.1, 0.15) is 47.1 Å². The van der Waals surface area contributed by atoms with E-state index in [1.165, 1.54) is 51.7 Å². The molecule has 3 rings (SSSR count). The van der Waals surface area contributed by atoms with Gasteiger partial charge in [-0.05, 0) is 42.5 Å². The predicted octanol–water partition coefficient (Wildman–Crippen LogP) is 4.59. The molecular formula is C29H30N4O9. The van der Waals surface area contributed by atoms with E-state index in [1.807, 2.05) is 0 Å². The van der Waals surface area contributed by atoms with Crippen molar-refractivity contribution in [3.8, 4) is 23.0 Å². The molecule has 42 heavy (non-hydrogen) atoms. The lowest BCUT2D eigenvalue weighted by Gasteiger charge is -2.17. The molecule has 13 heteroatoms. The highest BCUT2D eigenvalue weighted by Crippen LogP contribution is 2.38. The zero-order valence-electron chi connectivity index (χ0n) is 23.8. The highest BCUT2D eigenvalue weighted by Gasteiger charge is 2.22. The van der Waals surface area contributed by atoms with Crippen LogP contribution in [0.2, 0.25) is 0 Å². The third kappa shape index (κ3) is 7.59. The van der Waals surface area contributed by atoms with Gasteiger partial charge in [0, 0.05) is 34.4 Å². The molecule has 0 saturated heterocycles. The van der Waals surface area contributed by atoms with Crippen LogP contribution in [0.3, 0.4) is 0 Å². The van der Waals surface area contributed by atoms with Gasteiger partial charge < -0.3 is 24.3 Å². The van der Waals surface area contributed by atoms with Crippen LogP contribution >= 0.6 is 0 Å². The van der Waals surface area contributed by atoms with Gasteiger partial charge in [0.1, 0.15) is 5.75 Å². The molecule has 0 radical (unpaired) electrons. The van der Waals surface area contributed by atoms with Gasteiger partial charge in [0.25, 0.3) is 11.6 Å². The summed E-state index contributed by atoms with van der Waals surface area (Å²) in [5.74, 6) is -0.913. The fourth-order valence-corrected chi connectivity index (χ4v) is 3.45. The van der Waals surface area contributed by atoms with Gasteiger partial charge in [-0.2, -0.15) is 5.10 Å². The summed E-state index contributed by atoms with van der Waals surface area (Å²) in [5.41, 5.74) is 2.31. The molecule has 0 fully saturated rings. The van der Waals surface area contributed by atoms with Crippen molar-refractivity contribution < 1.29 is 38.3 Å². The number of nitrogens with zero attached hydrogens (tertiary/aromatic N) is 2. The lowest BCUT2D eigenvalue weighted by Crippen LogP contribution is -2.27. The Hall–Kier alpha value is -5.46. The molecule has 3 aromatic rings. The van der Waals surface area contributed by atoms with Crippen LogP contribution in [0, 0.1) is 15.5 Å². The molecule has 0 aromatic heterocycles. The smallest absolute Gasteiger partial charge is 0.343 e. The first-order valence-electron chi connectivity index (χ1n) is 12.4. The van der Waals surface area contributed by atoms with Crippen molar-refractivity contribution in [3.63, 3.8) is 0 Å². The number of esters is 1. The Bertz CT molecular complexity index is 1500. The number of hydrogen-bond acceptors (Lipinski definition) is 10. The van der Waals surface area contributed by atoms with E-state index in [1.54, 1.807) is 32.9 Å². The molecule has 2 N–H and O–H groups in total. The third-order valence-electron chi connectivity index (χ3n) is 5.76. The lowest BCUT2D eigenvalue weighted by atomic mass is 9.95. The number of hydrogen-bond donors (Lipinski definition) is 2. The number of nitro groups is 1. The predicted molar refractivity (Wildman–Crippen MR) is 154 cm³/mol. The molecule has 0 heterocycles. The van der Waals surface area contributed by atoms with Crippen molar-refractivity contribution in [3.05, 3.63) is 81.4 Å². The maximum atomic E-state index is 13.0. The molecule has 0 aliphatic carbocycles. The fraction of sp³-hybridized carbons (Fsp3) is 0.241. The van der Waals surface area contributed by atoms with Gasteiger partial charge >= 0.3 is 5.97 Å². The second-order valence-corrected chi connectivity index (χ2v) is 9.76. The largest absolute Gasteiger partial charge is 0.493 e. The van der Waals surface area contributed by atoms with Gasteiger partial charge in [0.15, 0.2) is 11.5 Å². The zero-order chi connectivity index (χ0) is 31.0. The van der Waals surface area contributed by atoms with Crippen LogP contribution in [0.15, 0.2) is 59.7 Å². The maximum absolute atomic E-state index is 13.0. The van der Waals surface area contributed by atoms with E-state index in [0.717, 1.165) is 18.3 Å². The quantitative estimate of drug-likeness (QED) is 0.115. The molecule has 2 amide bonds. The highest BCUT2D eigenvalue weighted by atomic mass is 16.6. The summed E-state index contributed by atoms with van der Waals surface area (Å²) in [6.07, 6.45) is 1.11. The summed E-state index contributed by atoms with van der Waals surface area (Å²) in [7, 11) is 4.21. The Balaban J connectivity index is 1.80. The fourth-order valence-electron chi connectivity index (χ4n) is 3.45. The van der Waals surface area contributed by atoms with E-state index in [0.29, 0.717) is 5.69 Å². The topological polar surface area (TPSA) is 168 Å². The Morgan fingerprint density at radius 1 is 0.857 bits per heavy atom. The van der Waals surface area contributed by atoms with Crippen molar-refractivity contribution in [2.75, 3.05) is 26.6 Å². The first-order valence-corrected chi connectivity index (χ1v) is 12.4. The summed E-state index contributed by atoms with van der Waals surface area (Å²) in [6.45, 7) is 5.34. The normalized spacial score (nSPS) is 11.0. The molecule has 0 unspecified atom stereocenters. The minimum absolute atomic E-state index is 0.0468. The molecule has 0 saturated carbocycles. The van der Waals surface area contributed by atoms with Gasteiger partial charge in [-0.15, -0.1) is 0 Å². The summed E-state index contributed by atoms with van der Waals surface area (Å²) < 4.78 is 21.3. The van der Waals surface area contributed by atoms with E-state index in [2.05, 4.69) is 15.8 Å². The number of methoxy groups -OCH3 is 3. The van der Waals surface area contributed by atoms with E-state index in [9.17, 15) is 24.5 Å². The van der Waals surface area contributed by atoms with Crippen LogP contribution in [0.5, 0.6) is 23.0 Å². The van der Waals surface area contributed by atoms with Crippen molar-refractivity contribution >= 4 is 35.4 Å². The van der Waals surface area contributed by atoms with E-state index in [-0.39, 0.29) is 51.3 Å². The highest BCUT2D eigenvalue weighted by molar-refractivity contribution is 5.98. The molecule has 0 aliphatic heterocycles. The molecule has 0 atom stereocenters.